The van der Waals surface area contributed by atoms with E-state index in [1.807, 2.05) is 0 Å². The van der Waals surface area contributed by atoms with Crippen LogP contribution in [0.2, 0.25) is 5.02 Å². The third-order valence-electron chi connectivity index (χ3n) is 6.11. The van der Waals surface area contributed by atoms with Gasteiger partial charge in [-0.2, -0.15) is 18.3 Å². The summed E-state index contributed by atoms with van der Waals surface area (Å²) in [5.74, 6) is -3.73. The maximum absolute atomic E-state index is 14.1. The molecule has 1 atom stereocenters. The van der Waals surface area contributed by atoms with E-state index < -0.39 is 46.8 Å². The Hall–Kier alpha value is -4.32. The monoisotopic (exact) mass is 547 g/mol. The Balaban J connectivity index is 1.73. The van der Waals surface area contributed by atoms with E-state index in [-0.39, 0.29) is 44.7 Å². The zero-order chi connectivity index (χ0) is 27.5. The summed E-state index contributed by atoms with van der Waals surface area (Å²) in [6, 6.07) is 5.21. The molecule has 1 aliphatic heterocycles. The topological polar surface area (TPSA) is 110 Å². The van der Waals surface area contributed by atoms with Gasteiger partial charge < -0.3 is 16.4 Å². The number of amides is 2. The highest BCUT2D eigenvalue weighted by Gasteiger charge is 2.37. The molecule has 0 fully saturated rings. The molecule has 1 aliphatic rings. The van der Waals surface area contributed by atoms with Gasteiger partial charge in [0.15, 0.2) is 5.82 Å². The van der Waals surface area contributed by atoms with Gasteiger partial charge in [0, 0.05) is 38.2 Å². The van der Waals surface area contributed by atoms with Crippen LogP contribution in [-0.4, -0.2) is 22.0 Å². The number of nitrogens with two attached hydrogens (primary N) is 1. The van der Waals surface area contributed by atoms with Crippen LogP contribution in [0, 0.1) is 18.6 Å². The molecule has 194 valence electrons. The summed E-state index contributed by atoms with van der Waals surface area (Å²) in [4.78, 5) is 26.3. The fraction of sp³-hybridized carbons (Fsp3) is 0.120. The predicted octanol–water partition coefficient (Wildman–Crippen LogP) is 5.56. The van der Waals surface area contributed by atoms with Gasteiger partial charge in [-0.1, -0.05) is 11.6 Å². The van der Waals surface area contributed by atoms with Crippen LogP contribution in [0.25, 0.3) is 10.8 Å². The third-order valence-corrected chi connectivity index (χ3v) is 6.45. The Morgan fingerprint density at radius 3 is 2.53 bits per heavy atom. The number of aromatic nitrogens is 2. The molecule has 2 heterocycles. The Bertz CT molecular complexity index is 1680. The molecule has 38 heavy (non-hydrogen) atoms. The molecule has 0 saturated carbocycles. The van der Waals surface area contributed by atoms with Gasteiger partial charge in [-0.3, -0.25) is 9.59 Å². The van der Waals surface area contributed by atoms with E-state index in [1.54, 1.807) is 6.92 Å². The molecule has 0 radical (unpaired) electrons. The summed E-state index contributed by atoms with van der Waals surface area (Å²) in [7, 11) is 0. The van der Waals surface area contributed by atoms with E-state index in [4.69, 9.17) is 17.3 Å². The normalized spacial score (nSPS) is 14.9. The van der Waals surface area contributed by atoms with Crippen molar-refractivity contribution in [2.24, 2.45) is 0 Å². The number of aryl methyl sites for hydroxylation is 1. The molecular formula is C25H15ClF5N5O2. The lowest BCUT2D eigenvalue weighted by atomic mass is 9.92. The van der Waals surface area contributed by atoms with Crippen molar-refractivity contribution < 1.29 is 31.5 Å². The van der Waals surface area contributed by atoms with Crippen molar-refractivity contribution in [1.29, 1.82) is 0 Å². The molecule has 1 aromatic heterocycles. The largest absolute Gasteiger partial charge is 0.416 e. The number of anilines is 2. The maximum atomic E-state index is 14.1. The molecule has 13 heteroatoms. The summed E-state index contributed by atoms with van der Waals surface area (Å²) in [5, 5.41) is 13.6. The lowest BCUT2D eigenvalue weighted by Gasteiger charge is -2.19. The minimum absolute atomic E-state index is 0.0393. The summed E-state index contributed by atoms with van der Waals surface area (Å²) in [6.45, 7) is 1.58. The van der Waals surface area contributed by atoms with Gasteiger partial charge in [0.05, 0.1) is 22.9 Å². The van der Waals surface area contributed by atoms with Crippen molar-refractivity contribution in [1.82, 2.24) is 15.5 Å². The van der Waals surface area contributed by atoms with Gasteiger partial charge in [0.2, 0.25) is 0 Å². The van der Waals surface area contributed by atoms with Gasteiger partial charge in [-0.05, 0) is 49.4 Å². The van der Waals surface area contributed by atoms with Gasteiger partial charge in [-0.15, -0.1) is 5.10 Å². The Morgan fingerprint density at radius 1 is 1.08 bits per heavy atom. The second-order valence-electron chi connectivity index (χ2n) is 8.56. The lowest BCUT2D eigenvalue weighted by molar-refractivity contribution is -0.137. The number of alkyl halides is 3. The van der Waals surface area contributed by atoms with Crippen LogP contribution in [-0.2, 0) is 6.18 Å². The smallest absolute Gasteiger partial charge is 0.382 e. The van der Waals surface area contributed by atoms with Gasteiger partial charge in [0.1, 0.15) is 11.6 Å². The van der Waals surface area contributed by atoms with Crippen molar-refractivity contribution in [3.8, 4) is 0 Å². The number of nitrogens with one attached hydrogen (secondary N) is 2. The molecule has 1 unspecified atom stereocenters. The molecule has 3 aromatic carbocycles. The number of benzene rings is 3. The second-order valence-corrected chi connectivity index (χ2v) is 8.97. The van der Waals surface area contributed by atoms with Crippen LogP contribution >= 0.6 is 11.6 Å². The average molecular weight is 548 g/mol. The molecular weight excluding hydrogens is 533 g/mol. The van der Waals surface area contributed by atoms with E-state index in [9.17, 15) is 31.5 Å². The summed E-state index contributed by atoms with van der Waals surface area (Å²) in [6.07, 6.45) is -4.90. The first kappa shape index (κ1) is 25.3. The molecule has 7 nitrogen and oxygen atoms in total. The fourth-order valence-electron chi connectivity index (χ4n) is 4.47. The number of carbonyl (C=O) groups excluding carboxylic acids is 2. The number of nitrogen functional groups attached to an aromatic ring is 1. The summed E-state index contributed by atoms with van der Waals surface area (Å²) >= 11 is 6.30. The van der Waals surface area contributed by atoms with E-state index in [0.29, 0.717) is 23.2 Å². The Kier molecular flexibility index (Phi) is 5.94. The second kappa shape index (κ2) is 8.91. The standard InChI is InChI=1S/C25H15ClF5N5O2/c1-9-18-15(22(32)36-35-9)8-17(33-23(37)10-4-11(25(29,30)31)6-13(28)5-10)19-20(18)24(38)34-21(19)14-7-12(27)2-3-16(14)26/h2-8,21H,1H3,(H2,32,36)(H,33,37)(H,34,38). The predicted molar refractivity (Wildman–Crippen MR) is 129 cm³/mol. The zero-order valence-electron chi connectivity index (χ0n) is 19.2. The van der Waals surface area contributed by atoms with Crippen LogP contribution in [0.4, 0.5) is 33.5 Å². The van der Waals surface area contributed by atoms with Gasteiger partial charge in [-0.25, -0.2) is 8.78 Å². The Morgan fingerprint density at radius 2 is 1.82 bits per heavy atom. The molecule has 0 saturated heterocycles. The van der Waals surface area contributed by atoms with Gasteiger partial charge in [0.25, 0.3) is 11.8 Å². The third kappa shape index (κ3) is 4.26. The number of hydrogen-bond acceptors (Lipinski definition) is 5. The van der Waals surface area contributed by atoms with Crippen LogP contribution in [0.1, 0.15) is 49.1 Å². The molecule has 0 bridgehead atoms. The SMILES string of the molecule is Cc1nnc(N)c2cc(NC(=O)c3cc(F)cc(C(F)(F)F)c3)c3c(c12)C(=O)NC3c1cc(F)ccc1Cl. The molecule has 2 amide bonds. The van der Waals surface area contributed by atoms with E-state index in [1.165, 1.54) is 12.1 Å². The Labute approximate surface area is 215 Å². The van der Waals surface area contributed by atoms with Crippen LogP contribution in [0.15, 0.2) is 42.5 Å². The molecule has 0 spiro atoms. The number of halogens is 6. The maximum Gasteiger partial charge on any atom is 0.416 e. The van der Waals surface area contributed by atoms with Gasteiger partial charge >= 0.3 is 6.18 Å². The van der Waals surface area contributed by atoms with Crippen LogP contribution < -0.4 is 16.4 Å². The minimum atomic E-state index is -4.90. The zero-order valence-corrected chi connectivity index (χ0v) is 19.9. The first-order valence-electron chi connectivity index (χ1n) is 10.9. The molecule has 5 rings (SSSR count). The number of carbonyl (C=O) groups is 2. The number of rotatable bonds is 3. The van der Waals surface area contributed by atoms with Crippen molar-refractivity contribution in [2.75, 3.05) is 11.1 Å². The van der Waals surface area contributed by atoms with Crippen molar-refractivity contribution in [2.45, 2.75) is 19.1 Å². The van der Waals surface area contributed by atoms with Crippen LogP contribution in [0.5, 0.6) is 0 Å². The molecule has 0 aliphatic carbocycles. The number of fused-ring (bicyclic) bond motifs is 3. The molecule has 4 aromatic rings. The quantitative estimate of drug-likeness (QED) is 0.291. The summed E-state index contributed by atoms with van der Waals surface area (Å²) in [5.41, 5.74) is 4.62. The van der Waals surface area contributed by atoms with Crippen LogP contribution in [0.3, 0.4) is 0 Å². The minimum Gasteiger partial charge on any atom is -0.382 e. The van der Waals surface area contributed by atoms with Crippen molar-refractivity contribution in [3.05, 3.63) is 92.6 Å². The highest BCUT2D eigenvalue weighted by atomic mass is 35.5. The lowest BCUT2D eigenvalue weighted by Crippen LogP contribution is -2.21. The number of hydrogen-bond donors (Lipinski definition) is 3. The van der Waals surface area contributed by atoms with Crippen molar-refractivity contribution >= 4 is 45.7 Å². The van der Waals surface area contributed by atoms with E-state index in [2.05, 4.69) is 20.8 Å². The molecule has 4 N–H and O–H groups in total. The highest BCUT2D eigenvalue weighted by molar-refractivity contribution is 6.31. The number of nitrogens with zero attached hydrogens (tertiary/aromatic N) is 2. The first-order chi connectivity index (χ1) is 17.8. The first-order valence-corrected chi connectivity index (χ1v) is 11.3. The van der Waals surface area contributed by atoms with Crippen molar-refractivity contribution in [3.63, 3.8) is 0 Å². The fourth-order valence-corrected chi connectivity index (χ4v) is 4.70. The van der Waals surface area contributed by atoms with E-state index in [0.717, 1.165) is 12.1 Å². The summed E-state index contributed by atoms with van der Waals surface area (Å²) < 4.78 is 67.8. The average Bonchev–Trinajstić information content (AvgIpc) is 3.19. The highest BCUT2D eigenvalue weighted by Crippen LogP contribution is 2.44. The van der Waals surface area contributed by atoms with E-state index >= 15 is 0 Å².